The molecule has 2 heterocycles. The molecule has 0 amide bonds. The van der Waals surface area contributed by atoms with Crippen LogP contribution in [0.5, 0.6) is 0 Å². The van der Waals surface area contributed by atoms with Crippen LogP contribution >= 0.6 is 0 Å². The van der Waals surface area contributed by atoms with Crippen LogP contribution in [-0.4, -0.2) is 9.55 Å². The number of aromatic nitrogens is 2. The molecule has 2 heteroatoms. The minimum Gasteiger partial charge on any atom is -0.338 e. The Balaban J connectivity index is 2.94. The van der Waals surface area contributed by atoms with E-state index in [0.29, 0.717) is 0 Å². The van der Waals surface area contributed by atoms with E-state index in [1.54, 1.807) is 0 Å². The van der Waals surface area contributed by atoms with Crippen LogP contribution in [0.15, 0.2) is 18.3 Å². The van der Waals surface area contributed by atoms with Gasteiger partial charge in [0.05, 0.1) is 11.0 Å². The van der Waals surface area contributed by atoms with Crippen LogP contribution in [-0.2, 0) is 11.0 Å². The van der Waals surface area contributed by atoms with Crippen molar-refractivity contribution >= 4 is 11.0 Å². The summed E-state index contributed by atoms with van der Waals surface area (Å²) in [5.74, 6) is 0. The van der Waals surface area contributed by atoms with Gasteiger partial charge in [0.1, 0.15) is 0 Å². The van der Waals surface area contributed by atoms with Gasteiger partial charge in [-0.05, 0) is 45.2 Å². The molecule has 0 aromatic carbocycles. The van der Waals surface area contributed by atoms with Crippen LogP contribution in [0.1, 0.15) is 52.8 Å². The van der Waals surface area contributed by atoms with Gasteiger partial charge in [-0.25, -0.2) is 0 Å². The standard InChI is InChI=1S/C16H24N2/c1-11-13(15(2,3)4)14-12(9-8-10-17-14)18(11)16(5,6)7/h8-10H,1-7H3. The van der Waals surface area contributed by atoms with Crippen LogP contribution in [0.4, 0.5) is 0 Å². The topological polar surface area (TPSA) is 17.8 Å². The zero-order valence-corrected chi connectivity index (χ0v) is 12.6. The van der Waals surface area contributed by atoms with Crippen molar-refractivity contribution < 1.29 is 0 Å². The van der Waals surface area contributed by atoms with Gasteiger partial charge >= 0.3 is 0 Å². The largest absolute Gasteiger partial charge is 0.338 e. The molecular weight excluding hydrogens is 220 g/mol. The maximum absolute atomic E-state index is 4.62. The fourth-order valence-electron chi connectivity index (χ4n) is 3.00. The fraction of sp³-hybridized carbons (Fsp3) is 0.562. The highest BCUT2D eigenvalue weighted by molar-refractivity contribution is 5.82. The maximum Gasteiger partial charge on any atom is 0.0921 e. The molecule has 2 aromatic heterocycles. The minimum absolute atomic E-state index is 0.0782. The second-order valence-electron chi connectivity index (χ2n) is 7.09. The normalized spacial score (nSPS) is 13.3. The molecular formula is C16H24N2. The molecule has 0 aliphatic heterocycles. The first-order chi connectivity index (χ1) is 8.14. The zero-order valence-electron chi connectivity index (χ0n) is 12.6. The Labute approximate surface area is 110 Å². The Hall–Kier alpha value is -1.31. The van der Waals surface area contributed by atoms with E-state index in [9.17, 15) is 0 Å². The minimum atomic E-state index is 0.0782. The van der Waals surface area contributed by atoms with Gasteiger partial charge in [-0.15, -0.1) is 0 Å². The average molecular weight is 244 g/mol. The summed E-state index contributed by atoms with van der Waals surface area (Å²) in [5.41, 5.74) is 5.30. The van der Waals surface area contributed by atoms with Gasteiger partial charge in [-0.1, -0.05) is 20.8 Å². The molecule has 98 valence electrons. The number of hydrogen-bond acceptors (Lipinski definition) is 1. The highest BCUT2D eigenvalue weighted by Gasteiger charge is 2.28. The van der Waals surface area contributed by atoms with Crippen LogP contribution in [0.25, 0.3) is 11.0 Å². The van der Waals surface area contributed by atoms with E-state index in [-0.39, 0.29) is 11.0 Å². The van der Waals surface area contributed by atoms with Crippen LogP contribution in [0, 0.1) is 6.92 Å². The van der Waals surface area contributed by atoms with Gasteiger partial charge in [-0.3, -0.25) is 4.98 Å². The summed E-state index contributed by atoms with van der Waals surface area (Å²) in [4.78, 5) is 4.62. The SMILES string of the molecule is Cc1c(C(C)(C)C)c2ncccc2n1C(C)(C)C. The first-order valence-corrected chi connectivity index (χ1v) is 6.61. The number of hydrogen-bond donors (Lipinski definition) is 0. The molecule has 2 aromatic rings. The van der Waals surface area contributed by atoms with E-state index in [0.717, 1.165) is 5.52 Å². The molecule has 0 spiro atoms. The monoisotopic (exact) mass is 244 g/mol. The summed E-state index contributed by atoms with van der Waals surface area (Å²) in [7, 11) is 0. The number of fused-ring (bicyclic) bond motifs is 1. The number of rotatable bonds is 0. The van der Waals surface area contributed by atoms with Crippen molar-refractivity contribution in [3.63, 3.8) is 0 Å². The highest BCUT2D eigenvalue weighted by Crippen LogP contribution is 2.36. The Kier molecular flexibility index (Phi) is 2.80. The third-order valence-corrected chi connectivity index (χ3v) is 3.38. The van der Waals surface area contributed by atoms with Crippen molar-refractivity contribution in [3.05, 3.63) is 29.6 Å². The lowest BCUT2D eigenvalue weighted by molar-refractivity contribution is 0.399. The molecule has 0 aliphatic carbocycles. The molecule has 0 fully saturated rings. The van der Waals surface area contributed by atoms with Crippen molar-refractivity contribution in [2.45, 2.75) is 59.4 Å². The van der Waals surface area contributed by atoms with Gasteiger partial charge in [-0.2, -0.15) is 0 Å². The molecule has 0 aliphatic rings. The quantitative estimate of drug-likeness (QED) is 0.671. The van der Waals surface area contributed by atoms with E-state index >= 15 is 0 Å². The summed E-state index contributed by atoms with van der Waals surface area (Å²) in [6, 6.07) is 4.20. The molecule has 2 nitrogen and oxygen atoms in total. The predicted molar refractivity (Wildman–Crippen MR) is 78.2 cm³/mol. The fourth-order valence-corrected chi connectivity index (χ4v) is 3.00. The van der Waals surface area contributed by atoms with Crippen LogP contribution in [0.3, 0.4) is 0 Å². The van der Waals surface area contributed by atoms with E-state index in [1.807, 2.05) is 12.3 Å². The molecule has 0 N–H and O–H groups in total. The zero-order chi connectivity index (χ0) is 13.7. The third-order valence-electron chi connectivity index (χ3n) is 3.38. The summed E-state index contributed by atoms with van der Waals surface area (Å²) in [5, 5.41) is 0. The van der Waals surface area contributed by atoms with Crippen molar-refractivity contribution in [3.8, 4) is 0 Å². The Bertz CT molecular complexity index is 526. The second kappa shape index (κ2) is 3.84. The molecule has 0 atom stereocenters. The lowest BCUT2D eigenvalue weighted by Crippen LogP contribution is -2.24. The molecule has 18 heavy (non-hydrogen) atoms. The van der Waals surface area contributed by atoms with Crippen molar-refractivity contribution in [1.29, 1.82) is 0 Å². The van der Waals surface area contributed by atoms with Gasteiger partial charge in [0, 0.05) is 23.0 Å². The number of pyridine rings is 1. The summed E-state index contributed by atoms with van der Waals surface area (Å²) in [6.07, 6.45) is 1.89. The Morgan fingerprint density at radius 2 is 1.67 bits per heavy atom. The molecule has 0 unspecified atom stereocenters. The first-order valence-electron chi connectivity index (χ1n) is 6.61. The molecule has 0 radical (unpaired) electrons. The predicted octanol–water partition coefficient (Wildman–Crippen LogP) is 4.40. The third kappa shape index (κ3) is 1.94. The van der Waals surface area contributed by atoms with Crippen LogP contribution < -0.4 is 0 Å². The first kappa shape index (κ1) is 13.1. The maximum atomic E-state index is 4.62. The summed E-state index contributed by atoms with van der Waals surface area (Å²) >= 11 is 0. The van der Waals surface area contributed by atoms with E-state index in [1.165, 1.54) is 16.8 Å². The van der Waals surface area contributed by atoms with Gasteiger partial charge in [0.25, 0.3) is 0 Å². The van der Waals surface area contributed by atoms with Gasteiger partial charge in [0.15, 0.2) is 0 Å². The molecule has 0 bridgehead atoms. The van der Waals surface area contributed by atoms with E-state index in [2.05, 4.69) is 64.1 Å². The van der Waals surface area contributed by atoms with E-state index in [4.69, 9.17) is 0 Å². The van der Waals surface area contributed by atoms with Crippen molar-refractivity contribution in [2.75, 3.05) is 0 Å². The summed E-state index contributed by atoms with van der Waals surface area (Å²) in [6.45, 7) is 15.7. The second-order valence-corrected chi connectivity index (χ2v) is 7.09. The number of nitrogens with zero attached hydrogens (tertiary/aromatic N) is 2. The van der Waals surface area contributed by atoms with E-state index < -0.39 is 0 Å². The Morgan fingerprint density at radius 3 is 2.17 bits per heavy atom. The van der Waals surface area contributed by atoms with Crippen molar-refractivity contribution in [1.82, 2.24) is 9.55 Å². The molecule has 0 saturated carbocycles. The van der Waals surface area contributed by atoms with Gasteiger partial charge in [0.2, 0.25) is 0 Å². The van der Waals surface area contributed by atoms with Crippen molar-refractivity contribution in [2.24, 2.45) is 0 Å². The lowest BCUT2D eigenvalue weighted by Gasteiger charge is -2.26. The highest BCUT2D eigenvalue weighted by atomic mass is 15.1. The Morgan fingerprint density at radius 1 is 1.06 bits per heavy atom. The lowest BCUT2D eigenvalue weighted by atomic mass is 9.86. The molecule has 2 rings (SSSR count). The summed E-state index contributed by atoms with van der Waals surface area (Å²) < 4.78 is 2.41. The average Bonchev–Trinajstić information content (AvgIpc) is 2.47. The van der Waals surface area contributed by atoms with Crippen LogP contribution in [0.2, 0.25) is 0 Å². The smallest absolute Gasteiger partial charge is 0.0921 e. The van der Waals surface area contributed by atoms with Gasteiger partial charge < -0.3 is 4.57 Å². The molecule has 0 saturated heterocycles.